The van der Waals surface area contributed by atoms with Crippen molar-refractivity contribution in [3.05, 3.63) is 6.20 Å². The number of carbonyl (C=O) groups excluding carboxylic acids is 1. The first kappa shape index (κ1) is 22.8. The van der Waals surface area contributed by atoms with Crippen LogP contribution in [0.5, 0.6) is 0 Å². The van der Waals surface area contributed by atoms with Gasteiger partial charge in [0.1, 0.15) is 10.6 Å². The number of carboxylic acids is 2. The molecular weight excluding hydrogens is 430 g/mol. The van der Waals surface area contributed by atoms with Crippen LogP contribution in [0.2, 0.25) is 0 Å². The number of fused-ring (bicyclic) bond motifs is 1. The molecule has 3 rings (SSSR count). The van der Waals surface area contributed by atoms with Crippen LogP contribution in [0.15, 0.2) is 11.2 Å². The number of hydrogen-bond acceptors (Lipinski definition) is 8. The average molecular weight is 452 g/mol. The SMILES string of the molecule is CSCCC(N)C(=O)N[C@@]1(C(=O)O)C[C@@H](Sc2cn[nH]n2)[C@H]2[C@H](C(=O)O)[C@H]21.Cl. The van der Waals surface area contributed by atoms with Crippen LogP contribution in [0.3, 0.4) is 0 Å². The number of H-pyrrole nitrogens is 1. The number of amides is 1. The van der Waals surface area contributed by atoms with Crippen molar-refractivity contribution >= 4 is 53.8 Å². The van der Waals surface area contributed by atoms with Gasteiger partial charge >= 0.3 is 11.9 Å². The molecule has 2 aliphatic rings. The first-order valence-corrected chi connectivity index (χ1v) is 10.6. The van der Waals surface area contributed by atoms with E-state index in [4.69, 9.17) is 5.73 Å². The smallest absolute Gasteiger partial charge is 0.329 e. The molecule has 0 radical (unpaired) electrons. The van der Waals surface area contributed by atoms with Crippen molar-refractivity contribution in [3.63, 3.8) is 0 Å². The van der Waals surface area contributed by atoms with Crippen molar-refractivity contribution in [1.82, 2.24) is 20.7 Å². The van der Waals surface area contributed by atoms with E-state index < -0.39 is 41.3 Å². The van der Waals surface area contributed by atoms with E-state index in [1.807, 2.05) is 6.26 Å². The maximum Gasteiger partial charge on any atom is 0.329 e. The molecule has 10 nitrogen and oxygen atoms in total. The highest BCUT2D eigenvalue weighted by Crippen LogP contribution is 2.65. The summed E-state index contributed by atoms with van der Waals surface area (Å²) in [6.45, 7) is 0. The van der Waals surface area contributed by atoms with E-state index in [2.05, 4.69) is 20.7 Å². The molecule has 1 amide bonds. The Labute approximate surface area is 175 Å². The van der Waals surface area contributed by atoms with Gasteiger partial charge in [-0.15, -0.1) is 17.5 Å². The second kappa shape index (κ2) is 8.89. The first-order chi connectivity index (χ1) is 12.8. The number of thioether (sulfide) groups is 2. The number of nitrogens with one attached hydrogen (secondary N) is 2. The van der Waals surface area contributed by atoms with Crippen molar-refractivity contribution in [3.8, 4) is 0 Å². The minimum atomic E-state index is -1.64. The predicted molar refractivity (Wildman–Crippen MR) is 105 cm³/mol. The van der Waals surface area contributed by atoms with Gasteiger partial charge < -0.3 is 21.3 Å². The van der Waals surface area contributed by atoms with Crippen LogP contribution in [0.1, 0.15) is 12.8 Å². The lowest BCUT2D eigenvalue weighted by Gasteiger charge is -2.31. The van der Waals surface area contributed by atoms with Gasteiger partial charge in [0.05, 0.1) is 18.2 Å². The van der Waals surface area contributed by atoms with E-state index in [0.29, 0.717) is 17.2 Å². The zero-order valence-electron chi connectivity index (χ0n) is 14.9. The van der Waals surface area contributed by atoms with E-state index in [-0.39, 0.29) is 30.0 Å². The third-order valence-corrected chi connectivity index (χ3v) is 7.11. The van der Waals surface area contributed by atoms with Gasteiger partial charge in [0.2, 0.25) is 5.91 Å². The number of aromatic nitrogens is 3. The van der Waals surface area contributed by atoms with Crippen LogP contribution in [-0.4, -0.2) is 72.3 Å². The van der Waals surface area contributed by atoms with E-state index >= 15 is 0 Å². The minimum Gasteiger partial charge on any atom is -0.481 e. The molecule has 156 valence electrons. The molecule has 13 heteroatoms. The van der Waals surface area contributed by atoms with E-state index in [1.54, 1.807) is 0 Å². The van der Waals surface area contributed by atoms with Crippen LogP contribution in [0.4, 0.5) is 0 Å². The number of nitrogens with two attached hydrogens (primary N) is 1. The van der Waals surface area contributed by atoms with Gasteiger partial charge in [-0.1, -0.05) is 11.8 Å². The Morgan fingerprint density at radius 1 is 1.46 bits per heavy atom. The molecule has 2 aliphatic carbocycles. The highest BCUT2D eigenvalue weighted by atomic mass is 35.5. The molecule has 2 saturated carbocycles. The molecule has 1 unspecified atom stereocenters. The molecule has 1 aromatic heterocycles. The van der Waals surface area contributed by atoms with Crippen LogP contribution < -0.4 is 11.1 Å². The molecule has 0 spiro atoms. The Hall–Kier alpha value is -1.50. The van der Waals surface area contributed by atoms with Crippen molar-refractivity contribution in [2.45, 2.75) is 34.7 Å². The lowest BCUT2D eigenvalue weighted by atomic mass is 9.89. The summed E-state index contributed by atoms with van der Waals surface area (Å²) >= 11 is 2.82. The van der Waals surface area contributed by atoms with Crippen LogP contribution in [0, 0.1) is 17.8 Å². The fourth-order valence-corrected chi connectivity index (χ4v) is 5.82. The second-order valence-electron chi connectivity index (χ2n) is 6.79. The maximum atomic E-state index is 12.5. The highest BCUT2D eigenvalue weighted by molar-refractivity contribution is 7.99. The molecule has 0 aliphatic heterocycles. The molecule has 0 bridgehead atoms. The minimum absolute atomic E-state index is 0. The van der Waals surface area contributed by atoms with Crippen molar-refractivity contribution in [2.24, 2.45) is 23.5 Å². The summed E-state index contributed by atoms with van der Waals surface area (Å²) in [5, 5.41) is 32.4. The number of hydrogen-bond donors (Lipinski definition) is 5. The number of nitrogens with zero attached hydrogens (tertiary/aromatic N) is 2. The topological polar surface area (TPSA) is 171 Å². The van der Waals surface area contributed by atoms with Gasteiger partial charge in [-0.25, -0.2) is 4.79 Å². The van der Waals surface area contributed by atoms with Crippen LogP contribution in [-0.2, 0) is 14.4 Å². The number of halogens is 1. The van der Waals surface area contributed by atoms with Gasteiger partial charge in [0, 0.05) is 11.2 Å². The van der Waals surface area contributed by atoms with Gasteiger partial charge in [-0.05, 0) is 30.8 Å². The van der Waals surface area contributed by atoms with Crippen molar-refractivity contribution < 1.29 is 24.6 Å². The normalized spacial score (nSPS) is 31.4. The van der Waals surface area contributed by atoms with Gasteiger partial charge in [-0.3, -0.25) is 9.59 Å². The summed E-state index contributed by atoms with van der Waals surface area (Å²) < 4.78 is 0. The Kier molecular flexibility index (Phi) is 7.23. The fraction of sp³-hybridized carbons (Fsp3) is 0.667. The van der Waals surface area contributed by atoms with Crippen LogP contribution >= 0.6 is 35.9 Å². The number of carboxylic acid groups (broad SMARTS) is 2. The molecule has 28 heavy (non-hydrogen) atoms. The summed E-state index contributed by atoms with van der Waals surface area (Å²) in [6.07, 6.45) is 3.91. The Morgan fingerprint density at radius 3 is 2.71 bits per heavy atom. The molecule has 6 atom stereocenters. The molecule has 1 aromatic rings. The maximum absolute atomic E-state index is 12.5. The van der Waals surface area contributed by atoms with Crippen LogP contribution in [0.25, 0.3) is 0 Å². The predicted octanol–water partition coefficient (Wildman–Crippen LogP) is 0.0577. The average Bonchev–Trinajstić information content (AvgIpc) is 3.02. The monoisotopic (exact) mass is 451 g/mol. The van der Waals surface area contributed by atoms with E-state index in [9.17, 15) is 24.6 Å². The quantitative estimate of drug-likeness (QED) is 0.345. The van der Waals surface area contributed by atoms with E-state index in [0.717, 1.165) is 0 Å². The standard InChI is InChI=1S/C15H21N5O5S2.ClH/c1-26-3-2-6(16)12(21)18-15(14(24)25)4-7(27-8-5-17-20-19-8)9-10(11(9)15)13(22)23;/h5-7,9-11H,2-4,16H2,1H3,(H,18,21)(H,22,23)(H,24,25)(H,17,19,20);1H/t6?,7-,9+,10+,11+,15+;/m1./s1. The molecule has 6 N–H and O–H groups in total. The van der Waals surface area contributed by atoms with Gasteiger partial charge in [0.15, 0.2) is 0 Å². The molecule has 2 fully saturated rings. The third kappa shape index (κ3) is 4.09. The second-order valence-corrected chi connectivity index (χ2v) is 9.03. The highest BCUT2D eigenvalue weighted by Gasteiger charge is 2.75. The van der Waals surface area contributed by atoms with Gasteiger partial charge in [0.25, 0.3) is 0 Å². The number of aliphatic carboxylic acids is 2. The largest absolute Gasteiger partial charge is 0.481 e. The Balaban J connectivity index is 0.00000280. The fourth-order valence-electron chi connectivity index (χ4n) is 3.97. The summed E-state index contributed by atoms with van der Waals surface area (Å²) in [5.74, 6) is -4.02. The summed E-state index contributed by atoms with van der Waals surface area (Å²) in [5.41, 5.74) is 4.24. The Morgan fingerprint density at radius 2 is 2.18 bits per heavy atom. The number of aromatic amines is 1. The van der Waals surface area contributed by atoms with Crippen molar-refractivity contribution in [2.75, 3.05) is 12.0 Å². The lowest BCUT2D eigenvalue weighted by molar-refractivity contribution is -0.150. The van der Waals surface area contributed by atoms with Gasteiger partial charge in [-0.2, -0.15) is 22.1 Å². The van der Waals surface area contributed by atoms with Crippen molar-refractivity contribution in [1.29, 1.82) is 0 Å². The Bertz CT molecular complexity index is 738. The molecule has 0 aromatic carbocycles. The first-order valence-electron chi connectivity index (χ1n) is 8.37. The number of rotatable bonds is 9. The third-order valence-electron chi connectivity index (χ3n) is 5.24. The summed E-state index contributed by atoms with van der Waals surface area (Å²) in [4.78, 5) is 36.3. The number of carbonyl (C=O) groups is 3. The lowest BCUT2D eigenvalue weighted by Crippen LogP contribution is -2.59. The summed E-state index contributed by atoms with van der Waals surface area (Å²) in [7, 11) is 0. The molecular formula is C15H22ClN5O5S2. The molecule has 1 heterocycles. The zero-order valence-corrected chi connectivity index (χ0v) is 17.4. The zero-order chi connectivity index (χ0) is 19.8. The summed E-state index contributed by atoms with van der Waals surface area (Å²) in [6, 6.07) is -0.837. The molecule has 0 saturated heterocycles. The van der Waals surface area contributed by atoms with E-state index in [1.165, 1.54) is 29.7 Å².